The molecule has 2 aromatic carbocycles. The van der Waals surface area contributed by atoms with Crippen LogP contribution >= 0.6 is 0 Å². The van der Waals surface area contributed by atoms with Gasteiger partial charge in [-0.1, -0.05) is 68.8 Å². The van der Waals surface area contributed by atoms with Crippen LogP contribution in [-0.4, -0.2) is 52.0 Å². The summed E-state index contributed by atoms with van der Waals surface area (Å²) in [4.78, 5) is 5.24. The Kier molecular flexibility index (Phi) is 9.06. The molecule has 1 aliphatic heterocycles. The Bertz CT molecular complexity index is 993. The molecule has 6 nitrogen and oxygen atoms in total. The van der Waals surface area contributed by atoms with Crippen LogP contribution in [0.3, 0.4) is 0 Å². The number of aliphatic imine (C=N–C) groups is 1. The number of ether oxygens (including phenoxy) is 2. The topological polar surface area (TPSA) is 68.2 Å². The molecule has 0 radical (unpaired) electrons. The normalized spacial score (nSPS) is 19.5. The predicted molar refractivity (Wildman–Crippen MR) is 132 cm³/mol. The molecule has 3 atom stereocenters. The van der Waals surface area contributed by atoms with Crippen molar-refractivity contribution in [3.63, 3.8) is 0 Å². The molecule has 1 heterocycles. The molecule has 3 rings (SSSR count). The lowest BCUT2D eigenvalue weighted by atomic mass is 9.90. The van der Waals surface area contributed by atoms with E-state index in [1.807, 2.05) is 24.3 Å². The molecule has 0 saturated heterocycles. The summed E-state index contributed by atoms with van der Waals surface area (Å²) in [5.41, 5.74) is 1.11. The molecule has 0 fully saturated rings. The van der Waals surface area contributed by atoms with Gasteiger partial charge in [0, 0.05) is 26.6 Å². The van der Waals surface area contributed by atoms with Gasteiger partial charge >= 0.3 is 0 Å². The third-order valence-corrected chi connectivity index (χ3v) is 8.04. The van der Waals surface area contributed by atoms with E-state index < -0.39 is 10.0 Å². The maximum absolute atomic E-state index is 12.7. The van der Waals surface area contributed by atoms with Crippen molar-refractivity contribution < 1.29 is 17.9 Å². The van der Waals surface area contributed by atoms with Gasteiger partial charge in [-0.15, -0.1) is 0 Å². The Balaban J connectivity index is 1.59. The van der Waals surface area contributed by atoms with Crippen molar-refractivity contribution in [2.45, 2.75) is 50.2 Å². The molecule has 0 bridgehead atoms. The molecule has 0 unspecified atom stereocenters. The second-order valence-electron chi connectivity index (χ2n) is 8.93. The van der Waals surface area contributed by atoms with Gasteiger partial charge in [0.1, 0.15) is 12.1 Å². The van der Waals surface area contributed by atoms with Crippen molar-refractivity contribution >= 4 is 15.9 Å². The van der Waals surface area contributed by atoms with Crippen molar-refractivity contribution in [3.05, 3.63) is 66.2 Å². The molecule has 0 N–H and O–H groups in total. The van der Waals surface area contributed by atoms with E-state index in [2.05, 4.69) is 26.0 Å². The van der Waals surface area contributed by atoms with Crippen LogP contribution in [0, 0.1) is 11.8 Å². The summed E-state index contributed by atoms with van der Waals surface area (Å²) < 4.78 is 38.7. The fraction of sp³-hybridized carbons (Fsp3) is 0.500. The number of hydrogen-bond donors (Lipinski definition) is 0. The zero-order valence-corrected chi connectivity index (χ0v) is 20.9. The highest BCUT2D eigenvalue weighted by molar-refractivity contribution is 7.89. The van der Waals surface area contributed by atoms with Gasteiger partial charge in [-0.25, -0.2) is 17.7 Å². The van der Waals surface area contributed by atoms with Gasteiger partial charge in [0.25, 0.3) is 0 Å². The largest absolute Gasteiger partial charge is 0.470 e. The first-order chi connectivity index (χ1) is 15.8. The summed E-state index contributed by atoms with van der Waals surface area (Å²) in [6, 6.07) is 18.7. The van der Waals surface area contributed by atoms with Crippen molar-refractivity contribution in [1.29, 1.82) is 0 Å². The molecule has 0 spiro atoms. The van der Waals surface area contributed by atoms with Gasteiger partial charge in [0.05, 0.1) is 11.5 Å². The molecule has 180 valence electrons. The van der Waals surface area contributed by atoms with Crippen molar-refractivity contribution in [2.75, 3.05) is 27.3 Å². The Labute approximate surface area is 198 Å². The monoisotopic (exact) mass is 472 g/mol. The smallest absolute Gasteiger partial charge is 0.242 e. The molecule has 0 saturated carbocycles. The van der Waals surface area contributed by atoms with E-state index >= 15 is 0 Å². The second kappa shape index (κ2) is 11.8. The summed E-state index contributed by atoms with van der Waals surface area (Å²) >= 11 is 0. The maximum atomic E-state index is 12.7. The summed E-state index contributed by atoms with van der Waals surface area (Å²) in [6.45, 7) is 5.36. The van der Waals surface area contributed by atoms with E-state index in [0.29, 0.717) is 24.0 Å². The van der Waals surface area contributed by atoms with Gasteiger partial charge in [-0.05, 0) is 36.5 Å². The number of hydrogen-bond acceptors (Lipinski definition) is 5. The standard InChI is InChI=1S/C26H36N2O4S/c1-20(2)23(17-11-12-18-28(3)33(29,30)22-15-9-6-10-16-22)26-27-24(19-31-4)25(32-26)21-13-7-5-8-14-21/h5-10,13-16,20,23-25H,11-12,17-19H2,1-4H3/t23-,24+,25+/m1/s1. The Morgan fingerprint density at radius 2 is 1.67 bits per heavy atom. The number of unbranched alkanes of at least 4 members (excludes halogenated alkanes) is 1. The molecule has 1 aliphatic rings. The lowest BCUT2D eigenvalue weighted by molar-refractivity contribution is 0.115. The minimum atomic E-state index is -3.45. The van der Waals surface area contributed by atoms with Gasteiger partial charge in [0.15, 0.2) is 5.90 Å². The van der Waals surface area contributed by atoms with Gasteiger partial charge in [0.2, 0.25) is 10.0 Å². The Hall–Kier alpha value is -2.22. The van der Waals surface area contributed by atoms with Crippen LogP contribution in [0.15, 0.2) is 70.6 Å². The van der Waals surface area contributed by atoms with E-state index in [4.69, 9.17) is 14.5 Å². The summed E-state index contributed by atoms with van der Waals surface area (Å²) in [6.07, 6.45) is 2.44. The maximum Gasteiger partial charge on any atom is 0.242 e. The lowest BCUT2D eigenvalue weighted by Gasteiger charge is -2.23. The number of nitrogens with zero attached hydrogens (tertiary/aromatic N) is 2. The average molecular weight is 473 g/mol. The van der Waals surface area contributed by atoms with Crippen LogP contribution in [-0.2, 0) is 19.5 Å². The summed E-state index contributed by atoms with van der Waals surface area (Å²) in [7, 11) is -0.117. The van der Waals surface area contributed by atoms with E-state index in [9.17, 15) is 8.42 Å². The molecular formula is C26H36N2O4S. The fourth-order valence-electron chi connectivity index (χ4n) is 4.21. The third-order valence-electron chi connectivity index (χ3n) is 6.17. The van der Waals surface area contributed by atoms with Crippen molar-refractivity contribution in [1.82, 2.24) is 4.31 Å². The van der Waals surface area contributed by atoms with Crippen molar-refractivity contribution in [3.8, 4) is 0 Å². The van der Waals surface area contributed by atoms with Crippen LogP contribution in [0.2, 0.25) is 0 Å². The highest BCUT2D eigenvalue weighted by Gasteiger charge is 2.36. The molecule has 7 heteroatoms. The number of methoxy groups -OCH3 is 1. The first kappa shape index (κ1) is 25.4. The molecule has 2 aromatic rings. The highest BCUT2D eigenvalue weighted by Crippen LogP contribution is 2.34. The number of benzene rings is 2. The number of rotatable bonds is 12. The van der Waals surface area contributed by atoms with Gasteiger partial charge in [-0.3, -0.25) is 0 Å². The number of sulfonamides is 1. The van der Waals surface area contributed by atoms with Crippen molar-refractivity contribution in [2.24, 2.45) is 16.8 Å². The average Bonchev–Trinajstić information content (AvgIpc) is 3.23. The first-order valence-corrected chi connectivity index (χ1v) is 13.1. The second-order valence-corrected chi connectivity index (χ2v) is 11.0. The SMILES string of the molecule is COC[C@@H]1N=C([C@H](CCCCN(C)S(=O)(=O)c2ccccc2)C(C)C)O[C@H]1c1ccccc1. The fourth-order valence-corrected chi connectivity index (χ4v) is 5.45. The zero-order chi connectivity index (χ0) is 23.8. The third kappa shape index (κ3) is 6.43. The summed E-state index contributed by atoms with van der Waals surface area (Å²) in [5.74, 6) is 1.35. The zero-order valence-electron chi connectivity index (χ0n) is 20.1. The quantitative estimate of drug-likeness (QED) is 0.411. The van der Waals surface area contributed by atoms with Crippen LogP contribution in [0.25, 0.3) is 0 Å². The van der Waals surface area contributed by atoms with Gasteiger partial charge in [-0.2, -0.15) is 0 Å². The summed E-state index contributed by atoms with van der Waals surface area (Å²) in [5, 5.41) is 0. The lowest BCUT2D eigenvalue weighted by Crippen LogP contribution is -2.28. The first-order valence-electron chi connectivity index (χ1n) is 11.6. The van der Waals surface area contributed by atoms with Gasteiger partial charge < -0.3 is 9.47 Å². The Morgan fingerprint density at radius 3 is 2.27 bits per heavy atom. The van der Waals surface area contributed by atoms with E-state index in [1.165, 1.54) is 4.31 Å². The van der Waals surface area contributed by atoms with E-state index in [0.717, 1.165) is 30.7 Å². The predicted octanol–water partition coefficient (Wildman–Crippen LogP) is 4.93. The van der Waals surface area contributed by atoms with Crippen LogP contribution in [0.5, 0.6) is 0 Å². The van der Waals surface area contributed by atoms with E-state index in [-0.39, 0.29) is 18.1 Å². The molecular weight excluding hydrogens is 436 g/mol. The Morgan fingerprint density at radius 1 is 1.03 bits per heavy atom. The van der Waals surface area contributed by atoms with Crippen LogP contribution < -0.4 is 0 Å². The molecule has 0 aromatic heterocycles. The van der Waals surface area contributed by atoms with E-state index in [1.54, 1.807) is 38.4 Å². The molecule has 33 heavy (non-hydrogen) atoms. The minimum Gasteiger partial charge on any atom is -0.470 e. The van der Waals surface area contributed by atoms with Crippen LogP contribution in [0.4, 0.5) is 0 Å². The van der Waals surface area contributed by atoms with Crippen LogP contribution in [0.1, 0.15) is 44.8 Å². The molecule has 0 amide bonds. The molecule has 0 aliphatic carbocycles. The minimum absolute atomic E-state index is 0.0594. The highest BCUT2D eigenvalue weighted by atomic mass is 32.2.